The Labute approximate surface area is 89.0 Å². The predicted octanol–water partition coefficient (Wildman–Crippen LogP) is 0.412. The van der Waals surface area contributed by atoms with Crippen molar-refractivity contribution >= 4 is 5.91 Å². The van der Waals surface area contributed by atoms with Crippen LogP contribution in [0.3, 0.4) is 0 Å². The summed E-state index contributed by atoms with van der Waals surface area (Å²) in [6.45, 7) is 3.88. The van der Waals surface area contributed by atoms with Crippen molar-refractivity contribution in [2.75, 3.05) is 26.2 Å². The van der Waals surface area contributed by atoms with Gasteiger partial charge in [-0.25, -0.2) is 4.39 Å². The standard InChI is InChI=1S/C11H17FN2O/c12-10-1-7(2-10)11(15)14-5-8-3-13-4-9(8)6-14/h7-10,13H,1-6H2. The lowest BCUT2D eigenvalue weighted by Crippen LogP contribution is -2.42. The van der Waals surface area contributed by atoms with Gasteiger partial charge in [-0.1, -0.05) is 0 Å². The van der Waals surface area contributed by atoms with Gasteiger partial charge in [0.2, 0.25) is 5.91 Å². The van der Waals surface area contributed by atoms with Crippen LogP contribution in [0.25, 0.3) is 0 Å². The van der Waals surface area contributed by atoms with Crippen molar-refractivity contribution in [1.29, 1.82) is 0 Å². The molecule has 4 heteroatoms. The summed E-state index contributed by atoms with van der Waals surface area (Å²) < 4.78 is 12.7. The summed E-state index contributed by atoms with van der Waals surface area (Å²) in [7, 11) is 0. The largest absolute Gasteiger partial charge is 0.342 e. The molecule has 0 radical (unpaired) electrons. The predicted molar refractivity (Wildman–Crippen MR) is 54.0 cm³/mol. The number of rotatable bonds is 1. The molecule has 0 aromatic heterocycles. The van der Waals surface area contributed by atoms with Crippen molar-refractivity contribution in [3.63, 3.8) is 0 Å². The summed E-state index contributed by atoms with van der Waals surface area (Å²) in [5, 5.41) is 3.35. The molecule has 2 saturated heterocycles. The van der Waals surface area contributed by atoms with Crippen molar-refractivity contribution in [3.8, 4) is 0 Å². The Morgan fingerprint density at radius 2 is 1.80 bits per heavy atom. The minimum Gasteiger partial charge on any atom is -0.342 e. The Bertz CT molecular complexity index is 266. The average molecular weight is 212 g/mol. The van der Waals surface area contributed by atoms with E-state index in [0.29, 0.717) is 24.7 Å². The number of likely N-dealkylation sites (tertiary alicyclic amines) is 1. The van der Waals surface area contributed by atoms with E-state index in [1.54, 1.807) is 0 Å². The van der Waals surface area contributed by atoms with Crippen LogP contribution in [-0.2, 0) is 4.79 Å². The van der Waals surface area contributed by atoms with Gasteiger partial charge in [-0.2, -0.15) is 0 Å². The summed E-state index contributed by atoms with van der Waals surface area (Å²) in [4.78, 5) is 13.9. The van der Waals surface area contributed by atoms with E-state index in [9.17, 15) is 9.18 Å². The summed E-state index contributed by atoms with van der Waals surface area (Å²) in [5.74, 6) is 1.50. The number of nitrogens with one attached hydrogen (secondary N) is 1. The molecule has 3 nitrogen and oxygen atoms in total. The van der Waals surface area contributed by atoms with Gasteiger partial charge in [-0.15, -0.1) is 0 Å². The van der Waals surface area contributed by atoms with Crippen LogP contribution in [0, 0.1) is 17.8 Å². The monoisotopic (exact) mass is 212 g/mol. The maximum absolute atomic E-state index is 12.7. The number of amides is 1. The molecule has 0 aromatic rings. The molecule has 0 aromatic carbocycles. The molecule has 2 aliphatic heterocycles. The van der Waals surface area contributed by atoms with Gasteiger partial charge in [0, 0.05) is 32.1 Å². The zero-order valence-electron chi connectivity index (χ0n) is 8.79. The second-order valence-electron chi connectivity index (χ2n) is 5.19. The summed E-state index contributed by atoms with van der Waals surface area (Å²) in [6.07, 6.45) is 0.203. The average Bonchev–Trinajstić information content (AvgIpc) is 2.70. The maximum Gasteiger partial charge on any atom is 0.225 e. The van der Waals surface area contributed by atoms with Crippen LogP contribution in [0.4, 0.5) is 4.39 Å². The van der Waals surface area contributed by atoms with Crippen molar-refractivity contribution in [2.24, 2.45) is 17.8 Å². The molecule has 2 heterocycles. The van der Waals surface area contributed by atoms with Crippen LogP contribution in [-0.4, -0.2) is 43.2 Å². The summed E-state index contributed by atoms with van der Waals surface area (Å²) >= 11 is 0. The van der Waals surface area contributed by atoms with E-state index >= 15 is 0 Å². The third-order valence-corrected chi connectivity index (χ3v) is 4.13. The molecule has 15 heavy (non-hydrogen) atoms. The van der Waals surface area contributed by atoms with Gasteiger partial charge in [-0.05, 0) is 24.7 Å². The number of halogens is 1. The molecule has 2 unspecified atom stereocenters. The van der Waals surface area contributed by atoms with E-state index in [0.717, 1.165) is 26.2 Å². The molecule has 84 valence electrons. The molecule has 0 bridgehead atoms. The Hall–Kier alpha value is -0.640. The molecule has 1 saturated carbocycles. The molecule has 0 spiro atoms. The molecule has 1 amide bonds. The number of alkyl halides is 1. The summed E-state index contributed by atoms with van der Waals surface area (Å²) in [5.41, 5.74) is 0. The summed E-state index contributed by atoms with van der Waals surface area (Å²) in [6, 6.07) is 0. The Morgan fingerprint density at radius 1 is 1.20 bits per heavy atom. The molecular formula is C11H17FN2O. The first-order valence-electron chi connectivity index (χ1n) is 5.87. The van der Waals surface area contributed by atoms with E-state index < -0.39 is 6.17 Å². The Balaban J connectivity index is 1.58. The van der Waals surface area contributed by atoms with E-state index in [1.165, 1.54) is 0 Å². The quantitative estimate of drug-likeness (QED) is 0.683. The van der Waals surface area contributed by atoms with Crippen molar-refractivity contribution in [1.82, 2.24) is 10.2 Å². The van der Waals surface area contributed by atoms with Gasteiger partial charge in [0.05, 0.1) is 0 Å². The van der Waals surface area contributed by atoms with Crippen molar-refractivity contribution in [3.05, 3.63) is 0 Å². The Kier molecular flexibility index (Phi) is 2.20. The number of hydrogen-bond donors (Lipinski definition) is 1. The van der Waals surface area contributed by atoms with Crippen LogP contribution in [0.5, 0.6) is 0 Å². The van der Waals surface area contributed by atoms with Crippen LogP contribution in [0.15, 0.2) is 0 Å². The van der Waals surface area contributed by atoms with Gasteiger partial charge in [0.25, 0.3) is 0 Å². The number of carbonyl (C=O) groups is 1. The molecule has 1 aliphatic carbocycles. The Morgan fingerprint density at radius 3 is 2.33 bits per heavy atom. The normalized spacial score (nSPS) is 43.9. The zero-order valence-corrected chi connectivity index (χ0v) is 8.79. The van der Waals surface area contributed by atoms with E-state index in [1.807, 2.05) is 4.90 Å². The SMILES string of the molecule is O=C(C1CC(F)C1)N1CC2CNCC2C1. The van der Waals surface area contributed by atoms with Gasteiger partial charge >= 0.3 is 0 Å². The third kappa shape index (κ3) is 1.55. The lowest BCUT2D eigenvalue weighted by atomic mass is 9.82. The van der Waals surface area contributed by atoms with E-state index in [2.05, 4.69) is 5.32 Å². The fourth-order valence-corrected chi connectivity index (χ4v) is 3.04. The number of fused-ring (bicyclic) bond motifs is 1. The second kappa shape index (κ2) is 3.44. The minimum absolute atomic E-state index is 0.00761. The third-order valence-electron chi connectivity index (χ3n) is 4.13. The van der Waals surface area contributed by atoms with Crippen LogP contribution in [0.1, 0.15) is 12.8 Å². The topological polar surface area (TPSA) is 32.3 Å². The fourth-order valence-electron chi connectivity index (χ4n) is 3.04. The first-order chi connectivity index (χ1) is 7.24. The molecule has 3 aliphatic rings. The zero-order chi connectivity index (χ0) is 10.4. The van der Waals surface area contributed by atoms with Crippen LogP contribution >= 0.6 is 0 Å². The molecule has 1 N–H and O–H groups in total. The van der Waals surface area contributed by atoms with Crippen LogP contribution < -0.4 is 5.32 Å². The van der Waals surface area contributed by atoms with Gasteiger partial charge in [0.1, 0.15) is 6.17 Å². The molecule has 3 fully saturated rings. The van der Waals surface area contributed by atoms with E-state index in [4.69, 9.17) is 0 Å². The fraction of sp³-hybridized carbons (Fsp3) is 0.909. The number of carbonyl (C=O) groups excluding carboxylic acids is 1. The highest BCUT2D eigenvalue weighted by Gasteiger charge is 2.43. The molecule has 3 rings (SSSR count). The molecule has 2 atom stereocenters. The minimum atomic E-state index is -0.720. The number of hydrogen-bond acceptors (Lipinski definition) is 2. The van der Waals surface area contributed by atoms with E-state index in [-0.39, 0.29) is 11.8 Å². The lowest BCUT2D eigenvalue weighted by Gasteiger charge is -2.32. The number of nitrogens with zero attached hydrogens (tertiary/aromatic N) is 1. The highest BCUT2D eigenvalue weighted by molar-refractivity contribution is 5.80. The van der Waals surface area contributed by atoms with Gasteiger partial charge in [0.15, 0.2) is 0 Å². The van der Waals surface area contributed by atoms with Gasteiger partial charge in [-0.3, -0.25) is 4.79 Å². The van der Waals surface area contributed by atoms with Crippen molar-refractivity contribution in [2.45, 2.75) is 19.0 Å². The first-order valence-corrected chi connectivity index (χ1v) is 5.87. The van der Waals surface area contributed by atoms with Crippen LogP contribution in [0.2, 0.25) is 0 Å². The molecular weight excluding hydrogens is 195 g/mol. The first kappa shape index (κ1) is 9.58. The maximum atomic E-state index is 12.7. The lowest BCUT2D eigenvalue weighted by molar-refractivity contribution is -0.139. The highest BCUT2D eigenvalue weighted by Crippen LogP contribution is 2.34. The van der Waals surface area contributed by atoms with Gasteiger partial charge < -0.3 is 10.2 Å². The second-order valence-corrected chi connectivity index (χ2v) is 5.19. The highest BCUT2D eigenvalue weighted by atomic mass is 19.1. The van der Waals surface area contributed by atoms with Crippen molar-refractivity contribution < 1.29 is 9.18 Å². The smallest absolute Gasteiger partial charge is 0.225 e.